The van der Waals surface area contributed by atoms with Crippen LogP contribution in [0.25, 0.3) is 0 Å². The molecule has 10 heteroatoms. The molecule has 312 valence electrons. The van der Waals surface area contributed by atoms with Crippen molar-refractivity contribution in [1.82, 2.24) is 0 Å². The molecular formula is C43H80O10. The lowest BCUT2D eigenvalue weighted by Crippen LogP contribution is -2.59. The Hall–Kier alpha value is -1.56. The van der Waals surface area contributed by atoms with Crippen molar-refractivity contribution < 1.29 is 49.0 Å². The van der Waals surface area contributed by atoms with Crippen LogP contribution < -0.4 is 0 Å². The Kier molecular flexibility index (Phi) is 32.6. The lowest BCUT2D eigenvalue weighted by atomic mass is 9.99. The third-order valence-electron chi connectivity index (χ3n) is 10.2. The molecule has 1 fully saturated rings. The van der Waals surface area contributed by atoms with Gasteiger partial charge in [-0.25, -0.2) is 0 Å². The van der Waals surface area contributed by atoms with Crippen LogP contribution in [0, 0.1) is 0 Å². The number of carbonyl (C=O) groups excluding carboxylic acids is 2. The number of hydrogen-bond donors (Lipinski definition) is 4. The molecule has 0 saturated carbocycles. The third-order valence-corrected chi connectivity index (χ3v) is 10.2. The number of allylic oxidation sites excluding steroid dienone is 2. The first kappa shape index (κ1) is 49.5. The van der Waals surface area contributed by atoms with Gasteiger partial charge in [-0.05, 0) is 32.1 Å². The maximum Gasteiger partial charge on any atom is 0.306 e. The Balaban J connectivity index is 2.34. The molecule has 0 spiro atoms. The van der Waals surface area contributed by atoms with Crippen molar-refractivity contribution >= 4 is 11.9 Å². The molecule has 0 aromatic heterocycles. The van der Waals surface area contributed by atoms with E-state index in [1.54, 1.807) is 0 Å². The van der Waals surface area contributed by atoms with Gasteiger partial charge in [-0.15, -0.1) is 0 Å². The first-order valence-corrected chi connectivity index (χ1v) is 21.8. The van der Waals surface area contributed by atoms with Gasteiger partial charge in [0.25, 0.3) is 0 Å². The van der Waals surface area contributed by atoms with Crippen LogP contribution in [0.2, 0.25) is 0 Å². The molecule has 1 rings (SSSR count). The highest BCUT2D eigenvalue weighted by Gasteiger charge is 2.44. The molecule has 1 saturated heterocycles. The molecule has 0 radical (unpaired) electrons. The van der Waals surface area contributed by atoms with E-state index < -0.39 is 49.4 Å². The normalized spacial score (nSPS) is 20.9. The van der Waals surface area contributed by atoms with Crippen LogP contribution >= 0.6 is 0 Å². The Morgan fingerprint density at radius 2 is 1.02 bits per heavy atom. The van der Waals surface area contributed by atoms with Crippen LogP contribution in [0.1, 0.15) is 194 Å². The summed E-state index contributed by atoms with van der Waals surface area (Å²) in [4.78, 5) is 25.3. The minimum absolute atomic E-state index is 0.213. The molecule has 10 nitrogen and oxygen atoms in total. The molecule has 2 unspecified atom stereocenters. The second-order valence-electron chi connectivity index (χ2n) is 15.2. The number of esters is 2. The highest BCUT2D eigenvalue weighted by molar-refractivity contribution is 5.70. The van der Waals surface area contributed by atoms with E-state index in [1.165, 1.54) is 122 Å². The summed E-state index contributed by atoms with van der Waals surface area (Å²) in [6.45, 7) is 3.40. The fourth-order valence-electron chi connectivity index (χ4n) is 6.64. The molecule has 1 aliphatic rings. The van der Waals surface area contributed by atoms with Crippen molar-refractivity contribution in [2.24, 2.45) is 0 Å². The van der Waals surface area contributed by atoms with Gasteiger partial charge in [0.2, 0.25) is 0 Å². The zero-order valence-corrected chi connectivity index (χ0v) is 33.8. The van der Waals surface area contributed by atoms with Gasteiger partial charge >= 0.3 is 11.9 Å². The Bertz CT molecular complexity index is 881. The van der Waals surface area contributed by atoms with E-state index in [1.807, 2.05) is 0 Å². The predicted molar refractivity (Wildman–Crippen MR) is 210 cm³/mol. The summed E-state index contributed by atoms with van der Waals surface area (Å²) in [5, 5.41) is 40.0. The number of aliphatic hydroxyl groups is 4. The molecule has 0 amide bonds. The number of unbranched alkanes of at least 4 members (excludes halogenated alkanes) is 23. The molecule has 0 bridgehead atoms. The van der Waals surface area contributed by atoms with Crippen LogP contribution in [0.5, 0.6) is 0 Å². The van der Waals surface area contributed by atoms with Gasteiger partial charge in [0.15, 0.2) is 12.4 Å². The Morgan fingerprint density at radius 3 is 1.53 bits per heavy atom. The SMILES string of the molecule is CCCC/C=C/CCCCCCCCCCCC(=O)O[C@H](COC(=O)CCCCCCCCCCCCCCC)CO[C@@H]1O[C@H](CO)[C@H](O)C(O)C1O. The van der Waals surface area contributed by atoms with Crippen molar-refractivity contribution in [2.75, 3.05) is 19.8 Å². The summed E-state index contributed by atoms with van der Waals surface area (Å²) in [6.07, 6.45) is 27.8. The highest BCUT2D eigenvalue weighted by Crippen LogP contribution is 2.23. The summed E-state index contributed by atoms with van der Waals surface area (Å²) in [5.41, 5.74) is 0. The van der Waals surface area contributed by atoms with Crippen LogP contribution in [0.15, 0.2) is 12.2 Å². The number of hydrogen-bond acceptors (Lipinski definition) is 10. The molecule has 0 aromatic carbocycles. The molecule has 6 atom stereocenters. The molecule has 1 aliphatic heterocycles. The van der Waals surface area contributed by atoms with Gasteiger partial charge in [0.05, 0.1) is 13.2 Å². The van der Waals surface area contributed by atoms with E-state index in [0.29, 0.717) is 6.42 Å². The van der Waals surface area contributed by atoms with E-state index in [9.17, 15) is 30.0 Å². The number of rotatable bonds is 36. The second kappa shape index (κ2) is 34.9. The first-order valence-electron chi connectivity index (χ1n) is 21.8. The van der Waals surface area contributed by atoms with Crippen molar-refractivity contribution in [3.05, 3.63) is 12.2 Å². The standard InChI is InChI=1S/C43H80O10/c1-3-5-7-9-11-13-15-17-18-20-22-24-26-28-30-32-39(46)52-36(35-51-43-42(49)41(48)40(47)37(33-44)53-43)34-50-38(45)31-29-27-25-23-21-19-16-14-12-10-8-6-4-2/h9,11,36-37,40-44,47-49H,3-8,10,12-35H2,1-2H3/b11-9+/t36-,37-,40+,41?,42?,43-/m1/s1. The average molecular weight is 757 g/mol. The second-order valence-corrected chi connectivity index (χ2v) is 15.2. The Morgan fingerprint density at radius 1 is 0.566 bits per heavy atom. The summed E-state index contributed by atoms with van der Waals surface area (Å²) in [7, 11) is 0. The maximum absolute atomic E-state index is 12.7. The van der Waals surface area contributed by atoms with E-state index in [2.05, 4.69) is 26.0 Å². The van der Waals surface area contributed by atoms with Crippen molar-refractivity contribution in [1.29, 1.82) is 0 Å². The average Bonchev–Trinajstić information content (AvgIpc) is 3.15. The molecular weight excluding hydrogens is 676 g/mol. The monoisotopic (exact) mass is 757 g/mol. The smallest absolute Gasteiger partial charge is 0.306 e. The molecule has 4 N–H and O–H groups in total. The highest BCUT2D eigenvalue weighted by atomic mass is 16.7. The molecule has 0 aromatic rings. The minimum Gasteiger partial charge on any atom is -0.462 e. The summed E-state index contributed by atoms with van der Waals surface area (Å²) < 4.78 is 22.1. The predicted octanol–water partition coefficient (Wildman–Crippen LogP) is 8.78. The van der Waals surface area contributed by atoms with E-state index in [4.69, 9.17) is 18.9 Å². The van der Waals surface area contributed by atoms with Gasteiger partial charge in [-0.3, -0.25) is 9.59 Å². The third kappa shape index (κ3) is 26.8. The van der Waals surface area contributed by atoms with Crippen molar-refractivity contribution in [3.63, 3.8) is 0 Å². The van der Waals surface area contributed by atoms with Crippen molar-refractivity contribution in [3.8, 4) is 0 Å². The van der Waals surface area contributed by atoms with E-state index >= 15 is 0 Å². The van der Waals surface area contributed by atoms with Gasteiger partial charge in [-0.1, -0.05) is 161 Å². The fourth-order valence-corrected chi connectivity index (χ4v) is 6.64. The number of aliphatic hydroxyl groups excluding tert-OH is 4. The lowest BCUT2D eigenvalue weighted by molar-refractivity contribution is -0.305. The number of carbonyl (C=O) groups is 2. The van der Waals surface area contributed by atoms with Crippen LogP contribution in [0.3, 0.4) is 0 Å². The molecule has 53 heavy (non-hydrogen) atoms. The first-order chi connectivity index (χ1) is 25.8. The molecule has 0 aliphatic carbocycles. The van der Waals surface area contributed by atoms with Crippen LogP contribution in [-0.4, -0.2) is 89.0 Å². The fraction of sp³-hybridized carbons (Fsp3) is 0.907. The summed E-state index contributed by atoms with van der Waals surface area (Å²) in [6, 6.07) is 0. The van der Waals surface area contributed by atoms with Crippen LogP contribution in [-0.2, 0) is 28.5 Å². The summed E-state index contributed by atoms with van der Waals surface area (Å²) >= 11 is 0. The Labute approximate surface area is 322 Å². The van der Waals surface area contributed by atoms with Crippen molar-refractivity contribution in [2.45, 2.75) is 230 Å². The van der Waals surface area contributed by atoms with Gasteiger partial charge in [-0.2, -0.15) is 0 Å². The van der Waals surface area contributed by atoms with E-state index in [-0.39, 0.29) is 32.0 Å². The molecule has 1 heterocycles. The maximum atomic E-state index is 12.7. The zero-order valence-electron chi connectivity index (χ0n) is 33.8. The van der Waals surface area contributed by atoms with Gasteiger partial charge in [0.1, 0.15) is 31.0 Å². The van der Waals surface area contributed by atoms with Crippen LogP contribution in [0.4, 0.5) is 0 Å². The summed E-state index contributed by atoms with van der Waals surface area (Å²) in [5.74, 6) is -0.801. The largest absolute Gasteiger partial charge is 0.462 e. The van der Waals surface area contributed by atoms with Gasteiger partial charge < -0.3 is 39.4 Å². The number of ether oxygens (including phenoxy) is 4. The quantitative estimate of drug-likeness (QED) is 0.0277. The topological polar surface area (TPSA) is 152 Å². The zero-order chi connectivity index (χ0) is 38.8. The lowest BCUT2D eigenvalue weighted by Gasteiger charge is -2.39. The minimum atomic E-state index is -1.59. The van der Waals surface area contributed by atoms with Gasteiger partial charge in [0, 0.05) is 12.8 Å². The van der Waals surface area contributed by atoms with E-state index in [0.717, 1.165) is 38.5 Å².